The second kappa shape index (κ2) is 6.24. The molecule has 2 heterocycles. The molecule has 0 spiro atoms. The SMILES string of the molecule is O=C(CSc1nc2ncccn2n1)Nc1ccc(F)c(F)c1F. The molecule has 3 aromatic rings. The lowest BCUT2D eigenvalue weighted by Crippen LogP contribution is -2.16. The summed E-state index contributed by atoms with van der Waals surface area (Å²) >= 11 is 1.00. The van der Waals surface area contributed by atoms with Crippen LogP contribution in [-0.4, -0.2) is 31.2 Å². The highest BCUT2D eigenvalue weighted by molar-refractivity contribution is 7.99. The van der Waals surface area contributed by atoms with Crippen molar-refractivity contribution in [3.63, 3.8) is 0 Å². The van der Waals surface area contributed by atoms with Crippen molar-refractivity contribution in [2.45, 2.75) is 5.16 Å². The normalized spacial score (nSPS) is 10.9. The van der Waals surface area contributed by atoms with Crippen LogP contribution in [0.2, 0.25) is 0 Å². The van der Waals surface area contributed by atoms with E-state index in [0.29, 0.717) is 10.9 Å². The van der Waals surface area contributed by atoms with E-state index < -0.39 is 29.0 Å². The molecule has 1 N–H and O–H groups in total. The van der Waals surface area contributed by atoms with Crippen molar-refractivity contribution in [2.24, 2.45) is 0 Å². The first kappa shape index (κ1) is 15.3. The zero-order chi connectivity index (χ0) is 16.4. The summed E-state index contributed by atoms with van der Waals surface area (Å²) in [5.74, 6) is -4.76. The van der Waals surface area contributed by atoms with E-state index >= 15 is 0 Å². The first-order valence-electron chi connectivity index (χ1n) is 6.28. The third kappa shape index (κ3) is 3.26. The average molecular weight is 339 g/mol. The Morgan fingerprint density at radius 3 is 2.87 bits per heavy atom. The van der Waals surface area contributed by atoms with E-state index in [2.05, 4.69) is 20.4 Å². The van der Waals surface area contributed by atoms with Gasteiger partial charge in [0.05, 0.1) is 11.4 Å². The van der Waals surface area contributed by atoms with Crippen molar-refractivity contribution in [3.05, 3.63) is 48.0 Å². The lowest BCUT2D eigenvalue weighted by Gasteiger charge is -2.06. The monoisotopic (exact) mass is 339 g/mol. The number of nitrogens with one attached hydrogen (secondary N) is 1. The second-order valence-corrected chi connectivity index (χ2v) is 5.26. The molecule has 118 valence electrons. The largest absolute Gasteiger partial charge is 0.323 e. The predicted molar refractivity (Wildman–Crippen MR) is 76.5 cm³/mol. The zero-order valence-electron chi connectivity index (χ0n) is 11.3. The van der Waals surface area contributed by atoms with Gasteiger partial charge in [0, 0.05) is 12.4 Å². The van der Waals surface area contributed by atoms with Gasteiger partial charge < -0.3 is 5.32 Å². The number of thioether (sulfide) groups is 1. The van der Waals surface area contributed by atoms with Gasteiger partial charge in [-0.15, -0.1) is 5.10 Å². The Bertz CT molecular complexity index is 852. The Labute approximate surface area is 131 Å². The van der Waals surface area contributed by atoms with Gasteiger partial charge in [-0.2, -0.15) is 4.98 Å². The minimum absolute atomic E-state index is 0.130. The van der Waals surface area contributed by atoms with Gasteiger partial charge in [0.1, 0.15) is 0 Å². The summed E-state index contributed by atoms with van der Waals surface area (Å²) in [6.45, 7) is 0. The first-order chi connectivity index (χ1) is 11.0. The van der Waals surface area contributed by atoms with Crippen LogP contribution in [0.5, 0.6) is 0 Å². The number of carbonyl (C=O) groups excluding carboxylic acids is 1. The molecule has 0 aliphatic carbocycles. The summed E-state index contributed by atoms with van der Waals surface area (Å²) in [5, 5.41) is 6.55. The van der Waals surface area contributed by atoms with Gasteiger partial charge in [0.2, 0.25) is 11.1 Å². The molecule has 0 aliphatic heterocycles. The summed E-state index contributed by atoms with van der Waals surface area (Å²) in [7, 11) is 0. The summed E-state index contributed by atoms with van der Waals surface area (Å²) < 4.78 is 40.8. The van der Waals surface area contributed by atoms with Gasteiger partial charge in [-0.25, -0.2) is 22.7 Å². The molecule has 6 nitrogen and oxygen atoms in total. The summed E-state index contributed by atoms with van der Waals surface area (Å²) in [6.07, 6.45) is 3.20. The Hall–Kier alpha value is -2.62. The van der Waals surface area contributed by atoms with Gasteiger partial charge in [0.15, 0.2) is 17.5 Å². The molecule has 0 unspecified atom stereocenters. The van der Waals surface area contributed by atoms with Crippen LogP contribution in [-0.2, 0) is 4.79 Å². The fourth-order valence-electron chi connectivity index (χ4n) is 1.71. The van der Waals surface area contributed by atoms with Crippen molar-refractivity contribution in [3.8, 4) is 0 Å². The Morgan fingerprint density at radius 1 is 1.26 bits per heavy atom. The molecule has 23 heavy (non-hydrogen) atoms. The highest BCUT2D eigenvalue weighted by atomic mass is 32.2. The molecule has 2 aromatic heterocycles. The number of nitrogens with zero attached hydrogens (tertiary/aromatic N) is 4. The minimum atomic E-state index is -1.64. The van der Waals surface area contributed by atoms with Crippen LogP contribution in [0.15, 0.2) is 35.7 Å². The van der Waals surface area contributed by atoms with Crippen LogP contribution in [0, 0.1) is 17.5 Å². The molecule has 0 atom stereocenters. The number of aromatic nitrogens is 4. The number of rotatable bonds is 4. The van der Waals surface area contributed by atoms with Crippen LogP contribution in [0.1, 0.15) is 0 Å². The molecule has 3 rings (SSSR count). The van der Waals surface area contributed by atoms with E-state index in [1.807, 2.05) is 0 Å². The Balaban J connectivity index is 1.64. The Morgan fingerprint density at radius 2 is 2.09 bits per heavy atom. The number of anilines is 1. The predicted octanol–water partition coefficient (Wildman–Crippen LogP) is 2.27. The molecule has 0 radical (unpaired) electrons. The molecule has 10 heteroatoms. The van der Waals surface area contributed by atoms with Gasteiger partial charge in [-0.1, -0.05) is 11.8 Å². The van der Waals surface area contributed by atoms with E-state index in [-0.39, 0.29) is 5.75 Å². The minimum Gasteiger partial charge on any atom is -0.323 e. The molecule has 0 saturated carbocycles. The van der Waals surface area contributed by atoms with Gasteiger partial charge in [-0.05, 0) is 18.2 Å². The number of benzene rings is 1. The fourth-order valence-corrected chi connectivity index (χ4v) is 2.34. The van der Waals surface area contributed by atoms with Gasteiger partial charge in [-0.3, -0.25) is 4.79 Å². The maximum Gasteiger partial charge on any atom is 0.253 e. The van der Waals surface area contributed by atoms with Gasteiger partial charge >= 0.3 is 0 Å². The molecule has 0 bridgehead atoms. The lowest BCUT2D eigenvalue weighted by molar-refractivity contribution is -0.113. The van der Waals surface area contributed by atoms with Crippen molar-refractivity contribution in [2.75, 3.05) is 11.1 Å². The number of hydrogen-bond donors (Lipinski definition) is 1. The molecular weight excluding hydrogens is 331 g/mol. The summed E-state index contributed by atoms with van der Waals surface area (Å²) in [5.41, 5.74) is -0.431. The number of amides is 1. The van der Waals surface area contributed by atoms with Crippen molar-refractivity contribution < 1.29 is 18.0 Å². The summed E-state index contributed by atoms with van der Waals surface area (Å²) in [4.78, 5) is 19.8. The standard InChI is InChI=1S/C13H8F3N5OS/c14-7-2-3-8(11(16)10(7)15)18-9(22)6-23-13-19-12-17-4-1-5-21(12)20-13/h1-5H,6H2,(H,18,22). The van der Waals surface area contributed by atoms with Crippen LogP contribution < -0.4 is 5.32 Å². The average Bonchev–Trinajstić information content (AvgIpc) is 2.96. The number of halogens is 3. The highest BCUT2D eigenvalue weighted by Gasteiger charge is 2.16. The first-order valence-corrected chi connectivity index (χ1v) is 7.26. The van der Waals surface area contributed by atoms with Crippen LogP contribution in [0.25, 0.3) is 5.78 Å². The van der Waals surface area contributed by atoms with Crippen molar-refractivity contribution >= 4 is 29.1 Å². The van der Waals surface area contributed by atoms with E-state index in [4.69, 9.17) is 0 Å². The van der Waals surface area contributed by atoms with Crippen molar-refractivity contribution in [1.82, 2.24) is 19.6 Å². The molecule has 0 aliphatic rings. The second-order valence-electron chi connectivity index (χ2n) is 4.32. The number of fused-ring (bicyclic) bond motifs is 1. The topological polar surface area (TPSA) is 72.2 Å². The third-order valence-corrected chi connectivity index (χ3v) is 3.58. The van der Waals surface area contributed by atoms with E-state index in [1.54, 1.807) is 18.5 Å². The van der Waals surface area contributed by atoms with Gasteiger partial charge in [0.25, 0.3) is 5.78 Å². The van der Waals surface area contributed by atoms with Crippen LogP contribution in [0.3, 0.4) is 0 Å². The van der Waals surface area contributed by atoms with Crippen molar-refractivity contribution in [1.29, 1.82) is 0 Å². The molecule has 1 aromatic carbocycles. The number of hydrogen-bond acceptors (Lipinski definition) is 5. The van der Waals surface area contributed by atoms with E-state index in [9.17, 15) is 18.0 Å². The van der Waals surface area contributed by atoms with Crippen LogP contribution in [0.4, 0.5) is 18.9 Å². The van der Waals surface area contributed by atoms with E-state index in [0.717, 1.165) is 23.9 Å². The molecule has 1 amide bonds. The summed E-state index contributed by atoms with van der Waals surface area (Å²) in [6, 6.07) is 3.36. The van der Waals surface area contributed by atoms with Crippen LogP contribution >= 0.6 is 11.8 Å². The third-order valence-electron chi connectivity index (χ3n) is 2.74. The smallest absolute Gasteiger partial charge is 0.253 e. The maximum atomic E-state index is 13.5. The zero-order valence-corrected chi connectivity index (χ0v) is 12.1. The Kier molecular flexibility index (Phi) is 4.15. The quantitative estimate of drug-likeness (QED) is 0.583. The molecule has 0 saturated heterocycles. The highest BCUT2D eigenvalue weighted by Crippen LogP contribution is 2.20. The lowest BCUT2D eigenvalue weighted by atomic mass is 10.3. The fraction of sp³-hybridized carbons (Fsp3) is 0.0769. The molecule has 0 fully saturated rings. The number of carbonyl (C=O) groups is 1. The molecular formula is C13H8F3N5OS. The maximum absolute atomic E-state index is 13.5. The van der Waals surface area contributed by atoms with E-state index in [1.165, 1.54) is 4.52 Å².